The molecule has 3 aromatic rings. The highest BCUT2D eigenvalue weighted by molar-refractivity contribution is 7.22. The zero-order valence-corrected chi connectivity index (χ0v) is 18.5. The summed E-state index contributed by atoms with van der Waals surface area (Å²) in [5.41, 5.74) is 1.85. The lowest BCUT2D eigenvalue weighted by Gasteiger charge is -2.23. The molecule has 158 valence electrons. The van der Waals surface area contributed by atoms with E-state index in [0.717, 1.165) is 41.0 Å². The highest BCUT2D eigenvalue weighted by Crippen LogP contribution is 2.33. The van der Waals surface area contributed by atoms with Gasteiger partial charge in [0.05, 0.1) is 30.0 Å². The summed E-state index contributed by atoms with van der Waals surface area (Å²) < 4.78 is 17.6. The Morgan fingerprint density at radius 2 is 2.07 bits per heavy atom. The van der Waals surface area contributed by atoms with Crippen LogP contribution in [-0.4, -0.2) is 43.9 Å². The maximum Gasteiger partial charge on any atom is 0.266 e. The minimum atomic E-state index is -0.163. The molecule has 30 heavy (non-hydrogen) atoms. The highest BCUT2D eigenvalue weighted by Gasteiger charge is 2.27. The number of hydrogen-bond acceptors (Lipinski definition) is 6. The molecule has 2 aromatic carbocycles. The molecule has 1 aliphatic heterocycles. The largest absolute Gasteiger partial charge is 0.497 e. The van der Waals surface area contributed by atoms with Crippen LogP contribution in [0, 0.1) is 6.92 Å². The van der Waals surface area contributed by atoms with Gasteiger partial charge in [-0.3, -0.25) is 9.69 Å². The van der Waals surface area contributed by atoms with Crippen LogP contribution in [0.15, 0.2) is 36.4 Å². The molecule has 1 aliphatic rings. The first-order valence-electron chi connectivity index (χ1n) is 9.79. The summed E-state index contributed by atoms with van der Waals surface area (Å²) in [5, 5.41) is 1.30. The topological polar surface area (TPSA) is 60.9 Å². The van der Waals surface area contributed by atoms with Gasteiger partial charge in [-0.15, -0.1) is 0 Å². The van der Waals surface area contributed by atoms with Crippen molar-refractivity contribution in [3.05, 3.63) is 47.0 Å². The number of nitrogens with zero attached hydrogens (tertiary/aromatic N) is 2. The van der Waals surface area contributed by atoms with Crippen LogP contribution in [0.5, 0.6) is 11.5 Å². The quantitative estimate of drug-likeness (QED) is 0.518. The van der Waals surface area contributed by atoms with Crippen LogP contribution in [0.1, 0.15) is 18.4 Å². The Kier molecular flexibility index (Phi) is 6.41. The monoisotopic (exact) mass is 446 g/mol. The van der Waals surface area contributed by atoms with Crippen molar-refractivity contribution in [2.75, 3.05) is 31.8 Å². The van der Waals surface area contributed by atoms with Crippen molar-refractivity contribution < 1.29 is 19.0 Å². The minimum absolute atomic E-state index is 0.00614. The van der Waals surface area contributed by atoms with Gasteiger partial charge in [0.25, 0.3) is 5.91 Å². The van der Waals surface area contributed by atoms with Crippen LogP contribution in [-0.2, 0) is 9.53 Å². The molecular weight excluding hydrogens is 424 g/mol. The van der Waals surface area contributed by atoms with E-state index in [0.29, 0.717) is 22.4 Å². The lowest BCUT2D eigenvalue weighted by atomic mass is 10.2. The normalized spacial score (nSPS) is 16.0. The first-order chi connectivity index (χ1) is 14.5. The van der Waals surface area contributed by atoms with E-state index in [1.54, 1.807) is 36.3 Å². The molecule has 6 nitrogen and oxygen atoms in total. The third kappa shape index (κ3) is 4.69. The number of carbonyl (C=O) groups is 1. The molecule has 1 atom stereocenters. The van der Waals surface area contributed by atoms with Gasteiger partial charge < -0.3 is 14.2 Å². The van der Waals surface area contributed by atoms with Gasteiger partial charge in [-0.2, -0.15) is 0 Å². The van der Waals surface area contributed by atoms with Crippen molar-refractivity contribution in [1.29, 1.82) is 0 Å². The molecule has 1 saturated heterocycles. The van der Waals surface area contributed by atoms with Crippen LogP contribution in [0.4, 0.5) is 5.13 Å². The SMILES string of the molecule is COc1ccc(OCC(=O)N(CC2CCCO2)c2nc3c(C)cc(Cl)cc3s2)cc1. The van der Waals surface area contributed by atoms with Crippen LogP contribution in [0.3, 0.4) is 0 Å². The Hall–Kier alpha value is -2.35. The van der Waals surface area contributed by atoms with Crippen LogP contribution in [0.2, 0.25) is 5.02 Å². The van der Waals surface area contributed by atoms with Gasteiger partial charge in [0.15, 0.2) is 11.7 Å². The van der Waals surface area contributed by atoms with Crippen LogP contribution >= 0.6 is 22.9 Å². The summed E-state index contributed by atoms with van der Waals surface area (Å²) in [5.74, 6) is 1.18. The predicted molar refractivity (Wildman–Crippen MR) is 119 cm³/mol. The van der Waals surface area contributed by atoms with E-state index in [-0.39, 0.29) is 18.6 Å². The highest BCUT2D eigenvalue weighted by atomic mass is 35.5. The Labute approximate surface area is 184 Å². The molecule has 0 radical (unpaired) electrons. The number of fused-ring (bicyclic) bond motifs is 1. The summed E-state index contributed by atoms with van der Waals surface area (Å²) >= 11 is 7.66. The maximum absolute atomic E-state index is 13.1. The number of carbonyl (C=O) groups excluding carboxylic acids is 1. The number of rotatable bonds is 7. The Morgan fingerprint density at radius 1 is 1.30 bits per heavy atom. The number of aromatic nitrogens is 1. The average Bonchev–Trinajstić information content (AvgIpc) is 3.40. The summed E-state index contributed by atoms with van der Waals surface area (Å²) in [7, 11) is 1.61. The molecule has 0 saturated carbocycles. The number of thiazole rings is 1. The molecule has 1 fully saturated rings. The van der Waals surface area contributed by atoms with E-state index < -0.39 is 0 Å². The molecule has 1 aromatic heterocycles. The van der Waals surface area contributed by atoms with E-state index in [4.69, 9.17) is 30.8 Å². The second-order valence-corrected chi connectivity index (χ2v) is 8.61. The Morgan fingerprint density at radius 3 is 2.77 bits per heavy atom. The number of halogens is 1. The Bertz CT molecular complexity index is 1030. The van der Waals surface area contributed by atoms with E-state index in [9.17, 15) is 4.79 Å². The summed E-state index contributed by atoms with van der Waals surface area (Å²) in [6.07, 6.45) is 1.94. The van der Waals surface area contributed by atoms with Gasteiger partial charge in [-0.05, 0) is 61.7 Å². The Balaban J connectivity index is 1.55. The maximum atomic E-state index is 13.1. The zero-order valence-electron chi connectivity index (χ0n) is 16.9. The second kappa shape index (κ2) is 9.20. The number of anilines is 1. The molecule has 0 N–H and O–H groups in total. The molecule has 4 rings (SSSR count). The molecule has 1 amide bonds. The fourth-order valence-corrected chi connectivity index (χ4v) is 4.88. The van der Waals surface area contributed by atoms with Crippen molar-refractivity contribution in [3.63, 3.8) is 0 Å². The lowest BCUT2D eigenvalue weighted by Crippen LogP contribution is -2.40. The van der Waals surface area contributed by atoms with Gasteiger partial charge in [-0.25, -0.2) is 4.98 Å². The number of methoxy groups -OCH3 is 1. The third-order valence-corrected chi connectivity index (χ3v) is 6.25. The molecule has 8 heteroatoms. The fraction of sp³-hybridized carbons (Fsp3) is 0.364. The summed E-state index contributed by atoms with van der Waals surface area (Å²) in [6, 6.07) is 10.9. The smallest absolute Gasteiger partial charge is 0.266 e. The zero-order chi connectivity index (χ0) is 21.1. The van der Waals surface area contributed by atoms with Gasteiger partial charge >= 0.3 is 0 Å². The van der Waals surface area contributed by atoms with E-state index in [1.165, 1.54) is 11.3 Å². The minimum Gasteiger partial charge on any atom is -0.497 e. The van der Waals surface area contributed by atoms with Gasteiger partial charge in [-0.1, -0.05) is 22.9 Å². The number of hydrogen-bond donors (Lipinski definition) is 0. The van der Waals surface area contributed by atoms with E-state index in [1.807, 2.05) is 19.1 Å². The van der Waals surface area contributed by atoms with Gasteiger partial charge in [0.1, 0.15) is 11.5 Å². The standard InChI is InChI=1S/C22H23ClN2O4S/c1-14-10-15(23)11-19-21(14)24-22(30-19)25(12-18-4-3-9-28-18)20(26)13-29-17-7-5-16(27-2)6-8-17/h5-8,10-11,18H,3-4,9,12-13H2,1-2H3. The van der Waals surface area contributed by atoms with Crippen molar-refractivity contribution in [1.82, 2.24) is 4.98 Å². The molecule has 0 aliphatic carbocycles. The number of benzene rings is 2. The van der Waals surface area contributed by atoms with Crippen molar-refractivity contribution >= 4 is 44.2 Å². The van der Waals surface area contributed by atoms with Crippen molar-refractivity contribution in [2.45, 2.75) is 25.9 Å². The van der Waals surface area contributed by atoms with Crippen LogP contribution in [0.25, 0.3) is 10.2 Å². The lowest BCUT2D eigenvalue weighted by molar-refractivity contribution is -0.120. The molecular formula is C22H23ClN2O4S. The first-order valence-corrected chi connectivity index (χ1v) is 11.0. The number of ether oxygens (including phenoxy) is 3. The van der Waals surface area contributed by atoms with Crippen molar-refractivity contribution in [2.24, 2.45) is 0 Å². The second-order valence-electron chi connectivity index (χ2n) is 7.17. The molecule has 0 bridgehead atoms. The summed E-state index contributed by atoms with van der Waals surface area (Å²) in [6.45, 7) is 3.06. The van der Waals surface area contributed by atoms with Crippen LogP contribution < -0.4 is 14.4 Å². The first kappa shape index (κ1) is 20.9. The van der Waals surface area contributed by atoms with E-state index >= 15 is 0 Å². The predicted octanol–water partition coefficient (Wildman–Crippen LogP) is 4.86. The summed E-state index contributed by atoms with van der Waals surface area (Å²) in [4.78, 5) is 19.5. The average molecular weight is 447 g/mol. The van der Waals surface area contributed by atoms with Gasteiger partial charge in [0, 0.05) is 11.6 Å². The molecule has 2 heterocycles. The van der Waals surface area contributed by atoms with Crippen molar-refractivity contribution in [3.8, 4) is 11.5 Å². The van der Waals surface area contributed by atoms with Gasteiger partial charge in [0.2, 0.25) is 0 Å². The third-order valence-electron chi connectivity index (χ3n) is 5.00. The molecule has 0 spiro atoms. The molecule has 1 unspecified atom stereocenters. The number of aryl methyl sites for hydroxylation is 1. The van der Waals surface area contributed by atoms with E-state index in [2.05, 4.69) is 0 Å². The number of amides is 1. The fourth-order valence-electron chi connectivity index (χ4n) is 3.43.